The van der Waals surface area contributed by atoms with Gasteiger partial charge in [0.25, 0.3) is 0 Å². The van der Waals surface area contributed by atoms with Crippen molar-refractivity contribution in [1.82, 2.24) is 14.7 Å². The third-order valence-corrected chi connectivity index (χ3v) is 6.94. The Labute approximate surface area is 156 Å². The van der Waals surface area contributed by atoms with E-state index in [0.29, 0.717) is 12.1 Å². The Morgan fingerprint density at radius 3 is 2.54 bits per heavy atom. The van der Waals surface area contributed by atoms with E-state index >= 15 is 0 Å². The largest absolute Gasteiger partial charge is 0.392 e. The molecule has 142 valence electrons. The average molecular weight is 357 g/mol. The molecule has 4 saturated heterocycles. The quantitative estimate of drug-likeness (QED) is 0.879. The first-order valence-electron chi connectivity index (χ1n) is 10.2. The first-order valence-corrected chi connectivity index (χ1v) is 10.2. The van der Waals surface area contributed by atoms with Gasteiger partial charge in [-0.05, 0) is 24.8 Å². The summed E-state index contributed by atoms with van der Waals surface area (Å²) in [4.78, 5) is 7.97. The highest BCUT2D eigenvalue weighted by Crippen LogP contribution is 2.41. The van der Waals surface area contributed by atoms with Gasteiger partial charge in [0.2, 0.25) is 0 Å². The Hall–Kier alpha value is -0.980. The number of β-amino-alcohol motifs (C(OH)–C–C–N with tert-alkyl or cyclic N) is 1. The number of aliphatic hydroxyl groups excluding tert-OH is 1. The summed E-state index contributed by atoms with van der Waals surface area (Å²) in [6.45, 7) is 8.26. The lowest BCUT2D eigenvalue weighted by Crippen LogP contribution is -2.79. The van der Waals surface area contributed by atoms with Crippen LogP contribution in [-0.2, 0) is 11.3 Å². The van der Waals surface area contributed by atoms with Crippen molar-refractivity contribution in [2.45, 2.75) is 49.5 Å². The molecule has 2 atom stereocenters. The van der Waals surface area contributed by atoms with E-state index < -0.39 is 0 Å². The molecule has 5 rings (SSSR count). The number of aliphatic hydroxyl groups is 1. The minimum Gasteiger partial charge on any atom is -0.392 e. The molecule has 4 aliphatic heterocycles. The molecule has 5 nitrogen and oxygen atoms in total. The lowest BCUT2D eigenvalue weighted by Gasteiger charge is -2.63. The van der Waals surface area contributed by atoms with Crippen LogP contribution in [0.1, 0.15) is 24.8 Å². The normalized spacial score (nSPS) is 33.3. The van der Waals surface area contributed by atoms with Crippen molar-refractivity contribution in [3.8, 4) is 0 Å². The van der Waals surface area contributed by atoms with Crippen LogP contribution < -0.4 is 0 Å². The van der Waals surface area contributed by atoms with Gasteiger partial charge in [-0.15, -0.1) is 0 Å². The molecule has 1 spiro atoms. The molecule has 0 aromatic heterocycles. The van der Waals surface area contributed by atoms with Crippen LogP contribution in [0, 0.1) is 0 Å². The predicted molar refractivity (Wildman–Crippen MR) is 101 cm³/mol. The first kappa shape index (κ1) is 17.1. The van der Waals surface area contributed by atoms with Crippen LogP contribution in [0.25, 0.3) is 0 Å². The predicted octanol–water partition coefficient (Wildman–Crippen LogP) is 1.17. The highest BCUT2D eigenvalue weighted by molar-refractivity contribution is 5.18. The number of benzene rings is 1. The molecule has 1 aromatic carbocycles. The summed E-state index contributed by atoms with van der Waals surface area (Å²) >= 11 is 0. The standard InChI is InChI=1S/C21H31N3O2/c25-20-10-19-12-22(11-17-4-2-1-3-5-17)14-21(24(19)13-20)15-23(16-21)18-6-8-26-9-7-18/h1-5,18-20,25H,6-16H2. The molecule has 0 saturated carbocycles. The van der Waals surface area contributed by atoms with E-state index in [1.165, 1.54) is 18.4 Å². The molecule has 1 aromatic rings. The molecule has 4 aliphatic rings. The average Bonchev–Trinajstić information content (AvgIpc) is 3.01. The van der Waals surface area contributed by atoms with Crippen molar-refractivity contribution in [3.05, 3.63) is 35.9 Å². The Morgan fingerprint density at radius 2 is 1.77 bits per heavy atom. The second-order valence-corrected chi connectivity index (χ2v) is 8.82. The SMILES string of the molecule is OC1CC2CN(Cc3ccccc3)CC3(CN(C4CCOCC4)C3)N2C1. The van der Waals surface area contributed by atoms with Crippen molar-refractivity contribution >= 4 is 0 Å². The summed E-state index contributed by atoms with van der Waals surface area (Å²) in [6, 6.07) is 12.0. The van der Waals surface area contributed by atoms with E-state index in [1.54, 1.807) is 0 Å². The molecular formula is C21H31N3O2. The molecular weight excluding hydrogens is 326 g/mol. The Morgan fingerprint density at radius 1 is 1.00 bits per heavy atom. The van der Waals surface area contributed by atoms with E-state index in [1.807, 2.05) is 0 Å². The minimum absolute atomic E-state index is 0.148. The fourth-order valence-corrected chi connectivity index (χ4v) is 5.78. The minimum atomic E-state index is -0.148. The van der Waals surface area contributed by atoms with Crippen LogP contribution in [-0.4, -0.2) is 89.5 Å². The lowest BCUT2D eigenvalue weighted by molar-refractivity contribution is -0.137. The molecule has 4 heterocycles. The number of rotatable bonds is 3. The van der Waals surface area contributed by atoms with Crippen molar-refractivity contribution in [2.24, 2.45) is 0 Å². The van der Waals surface area contributed by atoms with Crippen LogP contribution in [0.2, 0.25) is 0 Å². The first-order chi connectivity index (χ1) is 12.7. The topological polar surface area (TPSA) is 39.2 Å². The number of piperazine rings is 1. The van der Waals surface area contributed by atoms with Gasteiger partial charge in [0.15, 0.2) is 0 Å². The van der Waals surface area contributed by atoms with Gasteiger partial charge in [-0.2, -0.15) is 0 Å². The lowest BCUT2D eigenvalue weighted by atomic mass is 9.81. The van der Waals surface area contributed by atoms with Crippen molar-refractivity contribution in [1.29, 1.82) is 0 Å². The molecule has 0 amide bonds. The van der Waals surface area contributed by atoms with Crippen molar-refractivity contribution in [3.63, 3.8) is 0 Å². The maximum absolute atomic E-state index is 10.3. The van der Waals surface area contributed by atoms with E-state index in [4.69, 9.17) is 4.74 Å². The van der Waals surface area contributed by atoms with E-state index in [-0.39, 0.29) is 11.6 Å². The van der Waals surface area contributed by atoms with E-state index in [0.717, 1.165) is 58.9 Å². The summed E-state index contributed by atoms with van der Waals surface area (Å²) in [7, 11) is 0. The summed E-state index contributed by atoms with van der Waals surface area (Å²) in [5.41, 5.74) is 1.64. The summed E-state index contributed by atoms with van der Waals surface area (Å²) in [5.74, 6) is 0. The Balaban J connectivity index is 1.30. The maximum atomic E-state index is 10.3. The Bertz CT molecular complexity index is 613. The van der Waals surface area contributed by atoms with Crippen LogP contribution in [0.5, 0.6) is 0 Å². The summed E-state index contributed by atoms with van der Waals surface area (Å²) < 4.78 is 5.54. The van der Waals surface area contributed by atoms with Gasteiger partial charge in [-0.25, -0.2) is 0 Å². The second kappa shape index (κ2) is 6.88. The summed E-state index contributed by atoms with van der Waals surface area (Å²) in [5, 5.41) is 10.3. The molecule has 5 heteroatoms. The number of nitrogens with zero attached hydrogens (tertiary/aromatic N) is 3. The van der Waals surface area contributed by atoms with E-state index in [9.17, 15) is 5.11 Å². The number of fused-ring (bicyclic) bond motifs is 2. The van der Waals surface area contributed by atoms with Crippen LogP contribution in [0.3, 0.4) is 0 Å². The zero-order chi connectivity index (χ0) is 17.6. The van der Waals surface area contributed by atoms with Gasteiger partial charge in [-0.1, -0.05) is 30.3 Å². The van der Waals surface area contributed by atoms with Gasteiger partial charge < -0.3 is 9.84 Å². The zero-order valence-electron chi connectivity index (χ0n) is 15.6. The van der Waals surface area contributed by atoms with Gasteiger partial charge >= 0.3 is 0 Å². The molecule has 2 unspecified atom stereocenters. The molecule has 0 aliphatic carbocycles. The smallest absolute Gasteiger partial charge is 0.0682 e. The van der Waals surface area contributed by atoms with Crippen molar-refractivity contribution < 1.29 is 9.84 Å². The maximum Gasteiger partial charge on any atom is 0.0682 e. The highest BCUT2D eigenvalue weighted by atomic mass is 16.5. The van der Waals surface area contributed by atoms with Crippen LogP contribution in [0.15, 0.2) is 30.3 Å². The highest BCUT2D eigenvalue weighted by Gasteiger charge is 2.56. The van der Waals surface area contributed by atoms with Gasteiger partial charge in [0, 0.05) is 64.6 Å². The van der Waals surface area contributed by atoms with Gasteiger partial charge in [0.05, 0.1) is 11.6 Å². The third kappa shape index (κ3) is 3.10. The zero-order valence-corrected chi connectivity index (χ0v) is 15.6. The fraction of sp³-hybridized carbons (Fsp3) is 0.714. The van der Waals surface area contributed by atoms with Gasteiger partial charge in [0.1, 0.15) is 0 Å². The molecule has 1 N–H and O–H groups in total. The number of ether oxygens (including phenoxy) is 1. The van der Waals surface area contributed by atoms with Crippen LogP contribution in [0.4, 0.5) is 0 Å². The van der Waals surface area contributed by atoms with E-state index in [2.05, 4.69) is 45.0 Å². The molecule has 26 heavy (non-hydrogen) atoms. The van der Waals surface area contributed by atoms with Crippen molar-refractivity contribution in [2.75, 3.05) is 45.9 Å². The molecule has 0 bridgehead atoms. The number of likely N-dealkylation sites (tertiary alicyclic amines) is 1. The number of hydrogen-bond acceptors (Lipinski definition) is 5. The third-order valence-electron chi connectivity index (χ3n) is 6.94. The second-order valence-electron chi connectivity index (χ2n) is 8.82. The monoisotopic (exact) mass is 357 g/mol. The fourth-order valence-electron chi connectivity index (χ4n) is 5.78. The van der Waals surface area contributed by atoms with Gasteiger partial charge in [-0.3, -0.25) is 14.7 Å². The number of hydrogen-bond donors (Lipinski definition) is 1. The molecule has 4 fully saturated rings. The summed E-state index contributed by atoms with van der Waals surface area (Å²) in [6.07, 6.45) is 3.14. The van der Waals surface area contributed by atoms with Crippen LogP contribution >= 0.6 is 0 Å². The Kier molecular flexibility index (Phi) is 4.53. The molecule has 0 radical (unpaired) electrons.